The third-order valence-corrected chi connectivity index (χ3v) is 8.28. The van der Waals surface area contributed by atoms with Crippen LogP contribution in [0.15, 0.2) is 48.5 Å². The molecule has 0 radical (unpaired) electrons. The lowest BCUT2D eigenvalue weighted by atomic mass is 10.0. The van der Waals surface area contributed by atoms with Crippen molar-refractivity contribution in [1.29, 1.82) is 0 Å². The molecule has 1 atom stereocenters. The number of amides is 3. The molecule has 4 N–H and O–H groups in total. The summed E-state index contributed by atoms with van der Waals surface area (Å²) in [5.74, 6) is -0.572. The number of piperazine rings is 1. The van der Waals surface area contributed by atoms with Crippen LogP contribution in [0.2, 0.25) is 0 Å². The number of hydrogen-bond donors (Lipinski definition) is 4. The zero-order chi connectivity index (χ0) is 29.8. The molecular weight excluding hydrogens is 528 g/mol. The fourth-order valence-corrected chi connectivity index (χ4v) is 5.71. The number of benzene rings is 2. The number of H-pyrrole nitrogens is 1. The number of aromatic nitrogens is 1. The van der Waals surface area contributed by atoms with Crippen LogP contribution in [0.5, 0.6) is 0 Å². The quantitative estimate of drug-likeness (QED) is 0.292. The largest absolute Gasteiger partial charge is 0.358 e. The zero-order valence-corrected chi connectivity index (χ0v) is 24.8. The molecule has 3 amide bonds. The number of hydrogen-bond acceptors (Lipinski definition) is 5. The standard InChI is InChI=1S/C33H40N6O3/c1-5-27(23-9-7-6-8-10-23)36-31(40)24-11-12-28-25(19-24)26(32(41)37-28)20-29-21(2)30(22(3)35-29)33(42)34-13-14-39-17-15-38(4)16-18-39/h6-12,19-20,27,35H,5,13-18H2,1-4H3,(H,34,42)(H,36,40)(H,37,41)/b26-20-/t27-/m1/s1. The Morgan fingerprint density at radius 1 is 1.02 bits per heavy atom. The summed E-state index contributed by atoms with van der Waals surface area (Å²) >= 11 is 0. The Labute approximate surface area is 247 Å². The minimum Gasteiger partial charge on any atom is -0.358 e. The van der Waals surface area contributed by atoms with Gasteiger partial charge in [0.2, 0.25) is 0 Å². The van der Waals surface area contributed by atoms with Crippen LogP contribution in [0.3, 0.4) is 0 Å². The van der Waals surface area contributed by atoms with E-state index in [4.69, 9.17) is 0 Å². The van der Waals surface area contributed by atoms with E-state index in [0.717, 1.165) is 56.0 Å². The summed E-state index contributed by atoms with van der Waals surface area (Å²) in [7, 11) is 2.13. The topological polar surface area (TPSA) is 110 Å². The van der Waals surface area contributed by atoms with Crippen molar-refractivity contribution in [3.63, 3.8) is 0 Å². The second kappa shape index (κ2) is 12.8. The lowest BCUT2D eigenvalue weighted by Gasteiger charge is -2.32. The van der Waals surface area contributed by atoms with Crippen LogP contribution in [-0.2, 0) is 4.79 Å². The van der Waals surface area contributed by atoms with Gasteiger partial charge in [-0.15, -0.1) is 0 Å². The molecule has 0 spiro atoms. The molecule has 2 aliphatic heterocycles. The van der Waals surface area contributed by atoms with Gasteiger partial charge in [-0.3, -0.25) is 19.3 Å². The first-order valence-electron chi connectivity index (χ1n) is 14.7. The molecule has 2 aromatic carbocycles. The number of rotatable bonds is 9. The highest BCUT2D eigenvalue weighted by Crippen LogP contribution is 2.35. The summed E-state index contributed by atoms with van der Waals surface area (Å²) in [5.41, 5.74) is 6.09. The number of anilines is 1. The highest BCUT2D eigenvalue weighted by atomic mass is 16.2. The van der Waals surface area contributed by atoms with E-state index in [1.165, 1.54) is 0 Å². The van der Waals surface area contributed by atoms with E-state index in [9.17, 15) is 14.4 Å². The van der Waals surface area contributed by atoms with Crippen molar-refractivity contribution < 1.29 is 14.4 Å². The van der Waals surface area contributed by atoms with Crippen molar-refractivity contribution in [3.05, 3.63) is 87.7 Å². The highest BCUT2D eigenvalue weighted by molar-refractivity contribution is 6.35. The van der Waals surface area contributed by atoms with Crippen LogP contribution in [0.25, 0.3) is 11.6 Å². The van der Waals surface area contributed by atoms with Gasteiger partial charge in [0.15, 0.2) is 0 Å². The third kappa shape index (κ3) is 6.32. The van der Waals surface area contributed by atoms with Crippen molar-refractivity contribution in [3.8, 4) is 0 Å². The smallest absolute Gasteiger partial charge is 0.256 e. The number of aromatic amines is 1. The van der Waals surface area contributed by atoms with Crippen molar-refractivity contribution in [2.45, 2.75) is 33.2 Å². The Kier molecular flexibility index (Phi) is 8.89. The lowest BCUT2D eigenvalue weighted by Crippen LogP contribution is -2.46. The van der Waals surface area contributed by atoms with Gasteiger partial charge in [0.1, 0.15) is 0 Å². The molecule has 0 saturated carbocycles. The first kappa shape index (κ1) is 29.3. The fraction of sp³-hybridized carbons (Fsp3) is 0.364. The van der Waals surface area contributed by atoms with Gasteiger partial charge in [-0.2, -0.15) is 0 Å². The molecule has 9 heteroatoms. The molecular formula is C33H40N6O3. The van der Waals surface area contributed by atoms with E-state index in [2.05, 4.69) is 37.8 Å². The zero-order valence-electron chi connectivity index (χ0n) is 24.8. The summed E-state index contributed by atoms with van der Waals surface area (Å²) in [6, 6.07) is 15.0. The second-order valence-electron chi connectivity index (χ2n) is 11.2. The fourth-order valence-electron chi connectivity index (χ4n) is 5.71. The predicted molar refractivity (Wildman–Crippen MR) is 166 cm³/mol. The van der Waals surface area contributed by atoms with Gasteiger partial charge < -0.3 is 25.8 Å². The van der Waals surface area contributed by atoms with E-state index in [-0.39, 0.29) is 23.8 Å². The predicted octanol–water partition coefficient (Wildman–Crippen LogP) is 3.98. The first-order valence-corrected chi connectivity index (χ1v) is 14.7. The Bertz CT molecular complexity index is 1500. The van der Waals surface area contributed by atoms with E-state index in [1.807, 2.05) is 51.1 Å². The molecule has 9 nitrogen and oxygen atoms in total. The van der Waals surface area contributed by atoms with Gasteiger partial charge in [0, 0.05) is 67.5 Å². The van der Waals surface area contributed by atoms with E-state index in [0.29, 0.717) is 40.2 Å². The monoisotopic (exact) mass is 568 g/mol. The molecule has 1 fully saturated rings. The molecule has 0 aliphatic carbocycles. The van der Waals surface area contributed by atoms with Crippen molar-refractivity contribution in [1.82, 2.24) is 25.4 Å². The maximum atomic E-state index is 13.2. The van der Waals surface area contributed by atoms with Crippen LogP contribution in [0, 0.1) is 13.8 Å². The van der Waals surface area contributed by atoms with Crippen LogP contribution < -0.4 is 16.0 Å². The first-order chi connectivity index (χ1) is 20.2. The Hall–Kier alpha value is -4.21. The Morgan fingerprint density at radius 3 is 2.48 bits per heavy atom. The molecule has 5 rings (SSSR count). The number of carbonyl (C=O) groups excluding carboxylic acids is 3. The minimum atomic E-state index is -0.247. The van der Waals surface area contributed by atoms with E-state index < -0.39 is 0 Å². The third-order valence-electron chi connectivity index (χ3n) is 8.28. The van der Waals surface area contributed by atoms with Crippen LogP contribution in [0.1, 0.15) is 68.2 Å². The average Bonchev–Trinajstić information content (AvgIpc) is 3.46. The van der Waals surface area contributed by atoms with Gasteiger partial charge in [0.05, 0.1) is 17.2 Å². The van der Waals surface area contributed by atoms with Gasteiger partial charge in [0.25, 0.3) is 17.7 Å². The number of nitrogens with one attached hydrogen (secondary N) is 4. The molecule has 220 valence electrons. The van der Waals surface area contributed by atoms with Gasteiger partial charge in [-0.1, -0.05) is 37.3 Å². The van der Waals surface area contributed by atoms with Crippen molar-refractivity contribution in [2.75, 3.05) is 51.6 Å². The summed E-state index contributed by atoms with van der Waals surface area (Å²) in [4.78, 5) is 47.3. The average molecular weight is 569 g/mol. The highest BCUT2D eigenvalue weighted by Gasteiger charge is 2.27. The number of carbonyl (C=O) groups is 3. The number of aryl methyl sites for hydroxylation is 1. The molecule has 3 heterocycles. The van der Waals surface area contributed by atoms with Crippen LogP contribution >= 0.6 is 0 Å². The number of fused-ring (bicyclic) bond motifs is 1. The summed E-state index contributed by atoms with van der Waals surface area (Å²) in [6.07, 6.45) is 2.52. The summed E-state index contributed by atoms with van der Waals surface area (Å²) in [5, 5.41) is 9.08. The molecule has 1 saturated heterocycles. The normalized spacial score (nSPS) is 17.1. The number of nitrogens with zero attached hydrogens (tertiary/aromatic N) is 2. The SMILES string of the molecule is CC[C@@H](NC(=O)c1ccc2c(c1)/C(=C/c1[nH]c(C)c(C(=O)NCCN3CCN(C)CC3)c1C)C(=O)N2)c1ccccc1. The molecule has 1 aromatic heterocycles. The lowest BCUT2D eigenvalue weighted by molar-refractivity contribution is -0.110. The molecule has 42 heavy (non-hydrogen) atoms. The van der Waals surface area contributed by atoms with Crippen molar-refractivity contribution in [2.24, 2.45) is 0 Å². The van der Waals surface area contributed by atoms with Gasteiger partial charge in [-0.05, 0) is 62.7 Å². The molecule has 0 unspecified atom stereocenters. The molecule has 2 aliphatic rings. The second-order valence-corrected chi connectivity index (χ2v) is 11.2. The summed E-state index contributed by atoms with van der Waals surface area (Å²) < 4.78 is 0. The molecule has 3 aromatic rings. The van der Waals surface area contributed by atoms with Crippen molar-refractivity contribution >= 4 is 35.1 Å². The maximum absolute atomic E-state index is 13.2. The Balaban J connectivity index is 1.31. The maximum Gasteiger partial charge on any atom is 0.256 e. The van der Waals surface area contributed by atoms with Gasteiger partial charge in [-0.25, -0.2) is 0 Å². The summed E-state index contributed by atoms with van der Waals surface area (Å²) in [6.45, 7) is 11.3. The van der Waals surface area contributed by atoms with E-state index in [1.54, 1.807) is 24.3 Å². The number of likely N-dealkylation sites (N-methyl/N-ethyl adjacent to an activating group) is 1. The molecule has 0 bridgehead atoms. The van der Waals surface area contributed by atoms with Crippen LogP contribution in [0.4, 0.5) is 5.69 Å². The Morgan fingerprint density at radius 2 is 1.76 bits per heavy atom. The van der Waals surface area contributed by atoms with E-state index >= 15 is 0 Å². The van der Waals surface area contributed by atoms with Gasteiger partial charge >= 0.3 is 0 Å². The minimum absolute atomic E-state index is 0.114. The van der Waals surface area contributed by atoms with Crippen LogP contribution in [-0.4, -0.2) is 78.8 Å².